The molecule has 0 aliphatic heterocycles. The maximum Gasteiger partial charge on any atom is 0.280 e. The Morgan fingerprint density at radius 3 is 2.87 bits per heavy atom. The molecule has 8 heteroatoms. The van der Waals surface area contributed by atoms with Gasteiger partial charge in [0, 0.05) is 4.70 Å². The Hall–Kier alpha value is -2.87. The fourth-order valence-electron chi connectivity index (χ4n) is 2.86. The van der Waals surface area contributed by atoms with E-state index in [4.69, 9.17) is 11.5 Å². The first kappa shape index (κ1) is 13.8. The zero-order valence-electron chi connectivity index (χ0n) is 12.3. The maximum atomic E-state index is 12.0. The van der Waals surface area contributed by atoms with Crippen LogP contribution in [0.3, 0.4) is 0 Å². The van der Waals surface area contributed by atoms with Gasteiger partial charge in [0.25, 0.3) is 5.56 Å². The molecular weight excluding hydrogens is 312 g/mol. The number of nitrogen functional groups attached to an aromatic ring is 2. The second-order valence-electron chi connectivity index (χ2n) is 5.33. The molecule has 7 nitrogen and oxygen atoms in total. The van der Waals surface area contributed by atoms with Crippen LogP contribution in [0.25, 0.3) is 21.3 Å². The fraction of sp³-hybridized carbons (Fsp3) is 0.133. The van der Waals surface area contributed by atoms with Gasteiger partial charge < -0.3 is 11.5 Å². The summed E-state index contributed by atoms with van der Waals surface area (Å²) in [6.45, 7) is 2.00. The van der Waals surface area contributed by atoms with Gasteiger partial charge in [0.2, 0.25) is 11.9 Å². The van der Waals surface area contributed by atoms with Gasteiger partial charge in [0.05, 0.1) is 6.04 Å². The van der Waals surface area contributed by atoms with Crippen LogP contribution >= 0.6 is 11.3 Å². The second kappa shape index (κ2) is 4.82. The first-order valence-electron chi connectivity index (χ1n) is 7.05. The summed E-state index contributed by atoms with van der Waals surface area (Å²) in [5.41, 5.74) is 13.0. The number of hydrogen-bond acceptors (Lipinski definition) is 6. The average molecular weight is 326 g/mol. The number of nitrogens with zero attached hydrogens (tertiary/aromatic N) is 3. The fourth-order valence-corrected chi connectivity index (χ4v) is 3.91. The molecule has 0 saturated carbocycles. The lowest BCUT2D eigenvalue weighted by Gasteiger charge is -2.15. The van der Waals surface area contributed by atoms with E-state index in [1.165, 1.54) is 4.70 Å². The summed E-state index contributed by atoms with van der Waals surface area (Å²) < 4.78 is 2.94. The Labute approximate surface area is 134 Å². The van der Waals surface area contributed by atoms with Gasteiger partial charge in [-0.1, -0.05) is 18.2 Å². The molecule has 0 fully saturated rings. The van der Waals surface area contributed by atoms with Gasteiger partial charge in [-0.05, 0) is 29.3 Å². The van der Waals surface area contributed by atoms with Crippen molar-refractivity contribution in [3.05, 3.63) is 45.6 Å². The van der Waals surface area contributed by atoms with Crippen LogP contribution in [0.4, 0.5) is 11.9 Å². The predicted octanol–water partition coefficient (Wildman–Crippen LogP) is 2.11. The number of benzene rings is 1. The van der Waals surface area contributed by atoms with Crippen molar-refractivity contribution in [3.8, 4) is 0 Å². The number of H-pyrrole nitrogens is 1. The number of nitrogens with one attached hydrogen (secondary N) is 1. The van der Waals surface area contributed by atoms with Gasteiger partial charge >= 0.3 is 0 Å². The third kappa shape index (κ3) is 1.99. The number of imidazole rings is 1. The molecule has 116 valence electrons. The van der Waals surface area contributed by atoms with Gasteiger partial charge in [0.1, 0.15) is 0 Å². The minimum Gasteiger partial charge on any atom is -0.369 e. The Morgan fingerprint density at radius 2 is 2.04 bits per heavy atom. The number of aromatic nitrogens is 4. The lowest BCUT2D eigenvalue weighted by Crippen LogP contribution is -2.14. The Balaban J connectivity index is 1.98. The molecule has 4 aromatic rings. The molecule has 0 aliphatic carbocycles. The van der Waals surface area contributed by atoms with Crippen molar-refractivity contribution in [2.45, 2.75) is 13.0 Å². The van der Waals surface area contributed by atoms with E-state index in [1.54, 1.807) is 15.9 Å². The molecule has 4 rings (SSSR count). The molecule has 0 bridgehead atoms. The average Bonchev–Trinajstić information content (AvgIpc) is 3.08. The summed E-state index contributed by atoms with van der Waals surface area (Å²) in [6.07, 6.45) is 0. The summed E-state index contributed by atoms with van der Waals surface area (Å²) in [5.74, 6) is 0.289. The standard InChI is InChI=1S/C15H14N6OS/c1-7(9-6-23-10-5-3-2-4-8(9)10)21-12-11(18-15(21)17)13(22)20-14(16)19-12/h2-7H,1H3,(H2,17,18)(H3,16,19,20,22). The number of rotatable bonds is 2. The van der Waals surface area contributed by atoms with Crippen molar-refractivity contribution in [1.82, 2.24) is 19.5 Å². The van der Waals surface area contributed by atoms with E-state index >= 15 is 0 Å². The number of fused-ring (bicyclic) bond motifs is 2. The van der Waals surface area contributed by atoms with E-state index in [1.807, 2.05) is 19.1 Å². The molecule has 0 spiro atoms. The predicted molar refractivity (Wildman–Crippen MR) is 92.6 cm³/mol. The van der Waals surface area contributed by atoms with Crippen molar-refractivity contribution in [3.63, 3.8) is 0 Å². The number of nitrogens with two attached hydrogens (primary N) is 2. The zero-order valence-corrected chi connectivity index (χ0v) is 13.1. The van der Waals surface area contributed by atoms with Crippen LogP contribution in [-0.4, -0.2) is 19.5 Å². The maximum absolute atomic E-state index is 12.0. The van der Waals surface area contributed by atoms with Crippen LogP contribution in [-0.2, 0) is 0 Å². The molecular formula is C15H14N6OS. The summed E-state index contributed by atoms with van der Waals surface area (Å²) in [4.78, 5) is 22.8. The van der Waals surface area contributed by atoms with Crippen molar-refractivity contribution in [1.29, 1.82) is 0 Å². The lowest BCUT2D eigenvalue weighted by atomic mass is 10.1. The van der Waals surface area contributed by atoms with E-state index in [0.717, 1.165) is 10.9 Å². The van der Waals surface area contributed by atoms with Crippen LogP contribution in [0.2, 0.25) is 0 Å². The quantitative estimate of drug-likeness (QED) is 0.522. The van der Waals surface area contributed by atoms with Crippen molar-refractivity contribution in [2.24, 2.45) is 0 Å². The van der Waals surface area contributed by atoms with E-state index in [2.05, 4.69) is 32.5 Å². The summed E-state index contributed by atoms with van der Waals surface area (Å²) >= 11 is 1.67. The second-order valence-corrected chi connectivity index (χ2v) is 6.24. The van der Waals surface area contributed by atoms with E-state index in [9.17, 15) is 4.79 Å². The number of anilines is 2. The summed E-state index contributed by atoms with van der Waals surface area (Å²) in [5, 5.41) is 3.25. The van der Waals surface area contributed by atoms with E-state index < -0.39 is 0 Å². The van der Waals surface area contributed by atoms with Crippen molar-refractivity contribution < 1.29 is 0 Å². The topological polar surface area (TPSA) is 116 Å². The van der Waals surface area contributed by atoms with Gasteiger partial charge in [0.15, 0.2) is 11.2 Å². The minimum absolute atomic E-state index is 0.0472. The molecule has 0 saturated heterocycles. The van der Waals surface area contributed by atoms with Gasteiger partial charge in [-0.3, -0.25) is 14.3 Å². The Bertz CT molecular complexity index is 1090. The van der Waals surface area contributed by atoms with Crippen LogP contribution < -0.4 is 17.0 Å². The third-order valence-electron chi connectivity index (χ3n) is 3.94. The molecule has 1 atom stereocenters. The van der Waals surface area contributed by atoms with Crippen LogP contribution in [0, 0.1) is 0 Å². The molecule has 1 aromatic carbocycles. The zero-order chi connectivity index (χ0) is 16.1. The highest BCUT2D eigenvalue weighted by Crippen LogP contribution is 2.34. The van der Waals surface area contributed by atoms with Gasteiger partial charge in [-0.2, -0.15) is 4.98 Å². The summed E-state index contributed by atoms with van der Waals surface area (Å²) in [7, 11) is 0. The largest absolute Gasteiger partial charge is 0.369 e. The number of thiophene rings is 1. The monoisotopic (exact) mass is 326 g/mol. The van der Waals surface area contributed by atoms with Gasteiger partial charge in [-0.15, -0.1) is 11.3 Å². The molecule has 0 amide bonds. The highest BCUT2D eigenvalue weighted by atomic mass is 32.1. The highest BCUT2D eigenvalue weighted by Gasteiger charge is 2.21. The smallest absolute Gasteiger partial charge is 0.280 e. The Kier molecular flexibility index (Phi) is 2.88. The third-order valence-corrected chi connectivity index (χ3v) is 4.93. The molecule has 3 aromatic heterocycles. The molecule has 0 aliphatic rings. The van der Waals surface area contributed by atoms with Gasteiger partial charge in [-0.25, -0.2) is 4.98 Å². The molecule has 3 heterocycles. The molecule has 23 heavy (non-hydrogen) atoms. The molecule has 5 N–H and O–H groups in total. The Morgan fingerprint density at radius 1 is 1.26 bits per heavy atom. The number of aromatic amines is 1. The van der Waals surface area contributed by atoms with Crippen molar-refractivity contribution >= 4 is 44.5 Å². The van der Waals surface area contributed by atoms with Crippen LogP contribution in [0.1, 0.15) is 18.5 Å². The summed E-state index contributed by atoms with van der Waals surface area (Å²) in [6, 6.07) is 8.04. The molecule has 1 unspecified atom stereocenters. The molecule has 0 radical (unpaired) electrons. The SMILES string of the molecule is CC(c1csc2ccccc12)n1c(N)nc2c(=O)[nH]c(N)nc21. The van der Waals surface area contributed by atoms with Crippen LogP contribution in [0.15, 0.2) is 34.4 Å². The normalized spacial score (nSPS) is 12.9. The van der Waals surface area contributed by atoms with E-state index in [-0.39, 0.29) is 29.0 Å². The highest BCUT2D eigenvalue weighted by molar-refractivity contribution is 7.17. The first-order valence-corrected chi connectivity index (χ1v) is 7.93. The number of hydrogen-bond donors (Lipinski definition) is 3. The van der Waals surface area contributed by atoms with Crippen molar-refractivity contribution in [2.75, 3.05) is 11.5 Å². The first-order chi connectivity index (χ1) is 11.1. The lowest BCUT2D eigenvalue weighted by molar-refractivity contribution is 0.669. The van der Waals surface area contributed by atoms with Crippen LogP contribution in [0.5, 0.6) is 0 Å². The minimum atomic E-state index is -0.389. The van der Waals surface area contributed by atoms with E-state index in [0.29, 0.717) is 5.65 Å².